The van der Waals surface area contributed by atoms with Crippen LogP contribution < -0.4 is 5.32 Å². The van der Waals surface area contributed by atoms with Crippen LogP contribution in [0.1, 0.15) is 24.2 Å². The predicted molar refractivity (Wildman–Crippen MR) is 115 cm³/mol. The Hall–Kier alpha value is -3.25. The molecule has 6 nitrogen and oxygen atoms in total. The lowest BCUT2D eigenvalue weighted by atomic mass is 10.1. The van der Waals surface area contributed by atoms with Gasteiger partial charge in [-0.1, -0.05) is 32.0 Å². The second-order valence-corrected chi connectivity index (χ2v) is 7.57. The molecule has 0 fully saturated rings. The Balaban J connectivity index is 1.55. The summed E-state index contributed by atoms with van der Waals surface area (Å²) in [5.41, 5.74) is 4.34. The number of fused-ring (bicyclic) bond motifs is 2. The van der Waals surface area contributed by atoms with Crippen LogP contribution in [0.2, 0.25) is 0 Å². The summed E-state index contributed by atoms with van der Waals surface area (Å²) in [6.45, 7) is 5.23. The maximum atomic E-state index is 12.3. The molecular formula is C23H24N4O2. The topological polar surface area (TPSA) is 69.0 Å². The molecule has 0 unspecified atom stereocenters. The lowest BCUT2D eigenvalue weighted by Gasteiger charge is -2.09. The van der Waals surface area contributed by atoms with Gasteiger partial charge in [0.25, 0.3) is 0 Å². The van der Waals surface area contributed by atoms with Crippen molar-refractivity contribution in [3.05, 3.63) is 60.3 Å². The summed E-state index contributed by atoms with van der Waals surface area (Å²) in [5, 5.41) is 9.39. The summed E-state index contributed by atoms with van der Waals surface area (Å²) in [4.78, 5) is 17.0. The lowest BCUT2D eigenvalue weighted by molar-refractivity contribution is 0.0469. The average Bonchev–Trinajstić information content (AvgIpc) is 3.10. The molecule has 0 saturated carbocycles. The van der Waals surface area contributed by atoms with Crippen LogP contribution in [0.5, 0.6) is 0 Å². The molecular weight excluding hydrogens is 364 g/mol. The number of nitrogens with one attached hydrogen (secondary N) is 1. The molecule has 6 heteroatoms. The van der Waals surface area contributed by atoms with Crippen molar-refractivity contribution in [3.8, 4) is 11.3 Å². The molecule has 0 radical (unpaired) electrons. The Morgan fingerprint density at radius 2 is 1.93 bits per heavy atom. The van der Waals surface area contributed by atoms with Crippen LogP contribution in [0.15, 0.2) is 54.7 Å². The zero-order chi connectivity index (χ0) is 20.4. The Morgan fingerprint density at radius 1 is 1.10 bits per heavy atom. The second kappa shape index (κ2) is 8.01. The van der Waals surface area contributed by atoms with Gasteiger partial charge in [0, 0.05) is 29.9 Å². The van der Waals surface area contributed by atoms with E-state index in [0.717, 1.165) is 39.6 Å². The van der Waals surface area contributed by atoms with E-state index in [1.54, 1.807) is 6.07 Å². The van der Waals surface area contributed by atoms with E-state index in [-0.39, 0.29) is 12.7 Å². The number of esters is 1. The third-order valence-corrected chi connectivity index (χ3v) is 4.83. The van der Waals surface area contributed by atoms with Crippen LogP contribution in [0.4, 0.5) is 0 Å². The molecule has 0 aliphatic rings. The van der Waals surface area contributed by atoms with E-state index < -0.39 is 0 Å². The standard InChI is InChI=1S/C23H24N4O2/c1-15(2)12-24-14-29-23(28)18-7-9-20-16(10-18)6-8-21(26-20)17-4-5-19-13-25-27(3)22(19)11-17/h4-11,13,15,24H,12,14H2,1-3H3. The molecule has 0 atom stereocenters. The molecule has 2 heterocycles. The van der Waals surface area contributed by atoms with E-state index in [2.05, 4.69) is 36.4 Å². The molecule has 0 saturated heterocycles. The first-order valence-corrected chi connectivity index (χ1v) is 9.72. The number of nitrogens with zero attached hydrogens (tertiary/aromatic N) is 3. The maximum absolute atomic E-state index is 12.3. The number of carbonyl (C=O) groups is 1. The number of ether oxygens (including phenoxy) is 1. The number of carbonyl (C=O) groups excluding carboxylic acids is 1. The van der Waals surface area contributed by atoms with Crippen LogP contribution in [0.25, 0.3) is 33.1 Å². The van der Waals surface area contributed by atoms with Gasteiger partial charge in [0.1, 0.15) is 6.73 Å². The van der Waals surface area contributed by atoms with E-state index in [4.69, 9.17) is 9.72 Å². The van der Waals surface area contributed by atoms with Crippen molar-refractivity contribution >= 4 is 27.8 Å². The van der Waals surface area contributed by atoms with Crippen molar-refractivity contribution in [1.82, 2.24) is 20.1 Å². The van der Waals surface area contributed by atoms with Gasteiger partial charge in [-0.25, -0.2) is 9.78 Å². The van der Waals surface area contributed by atoms with E-state index in [1.165, 1.54) is 0 Å². The molecule has 2 aromatic heterocycles. The van der Waals surface area contributed by atoms with Gasteiger partial charge in [-0.3, -0.25) is 10.00 Å². The van der Waals surface area contributed by atoms with Gasteiger partial charge in [-0.15, -0.1) is 0 Å². The third-order valence-electron chi connectivity index (χ3n) is 4.83. The Bertz CT molecular complexity index is 1180. The molecule has 4 aromatic rings. The SMILES string of the molecule is CC(C)CNCOC(=O)c1ccc2nc(-c3ccc4cnn(C)c4c3)ccc2c1. The van der Waals surface area contributed by atoms with Crippen molar-refractivity contribution in [1.29, 1.82) is 0 Å². The van der Waals surface area contributed by atoms with Crippen molar-refractivity contribution in [2.45, 2.75) is 13.8 Å². The molecule has 0 bridgehead atoms. The van der Waals surface area contributed by atoms with Crippen LogP contribution in [0, 0.1) is 5.92 Å². The molecule has 2 aromatic carbocycles. The van der Waals surface area contributed by atoms with Crippen molar-refractivity contribution < 1.29 is 9.53 Å². The van der Waals surface area contributed by atoms with Crippen molar-refractivity contribution in [2.75, 3.05) is 13.3 Å². The Labute approximate surface area is 169 Å². The van der Waals surface area contributed by atoms with Crippen molar-refractivity contribution in [2.24, 2.45) is 13.0 Å². The summed E-state index contributed by atoms with van der Waals surface area (Å²) in [5.74, 6) is 0.169. The van der Waals surface area contributed by atoms with Gasteiger partial charge < -0.3 is 4.74 Å². The summed E-state index contributed by atoms with van der Waals surface area (Å²) in [6.07, 6.45) is 1.85. The van der Waals surface area contributed by atoms with Gasteiger partial charge >= 0.3 is 5.97 Å². The normalized spacial score (nSPS) is 11.4. The summed E-state index contributed by atoms with van der Waals surface area (Å²) < 4.78 is 7.14. The molecule has 29 heavy (non-hydrogen) atoms. The van der Waals surface area contributed by atoms with Crippen LogP contribution in [0.3, 0.4) is 0 Å². The second-order valence-electron chi connectivity index (χ2n) is 7.57. The first-order chi connectivity index (χ1) is 14.0. The minimum absolute atomic E-state index is 0.211. The fourth-order valence-corrected chi connectivity index (χ4v) is 3.26. The number of benzene rings is 2. The number of aryl methyl sites for hydroxylation is 1. The highest BCUT2D eigenvalue weighted by atomic mass is 16.5. The average molecular weight is 388 g/mol. The molecule has 148 valence electrons. The third kappa shape index (κ3) is 4.12. The zero-order valence-corrected chi connectivity index (χ0v) is 16.8. The Morgan fingerprint density at radius 3 is 2.76 bits per heavy atom. The largest absolute Gasteiger partial charge is 0.446 e. The van der Waals surface area contributed by atoms with Gasteiger partial charge in [-0.05, 0) is 36.2 Å². The predicted octanol–water partition coefficient (Wildman–Crippen LogP) is 4.15. The molecule has 0 aliphatic carbocycles. The number of hydrogen-bond acceptors (Lipinski definition) is 5. The van der Waals surface area contributed by atoms with Crippen LogP contribution >= 0.6 is 0 Å². The highest BCUT2D eigenvalue weighted by Gasteiger charge is 2.10. The minimum atomic E-state index is -0.339. The quantitative estimate of drug-likeness (QED) is 0.305. The van der Waals surface area contributed by atoms with Gasteiger partial charge in [0.2, 0.25) is 0 Å². The first-order valence-electron chi connectivity index (χ1n) is 9.72. The summed E-state index contributed by atoms with van der Waals surface area (Å²) in [6, 6.07) is 15.6. The molecule has 4 rings (SSSR count). The van der Waals surface area contributed by atoms with E-state index >= 15 is 0 Å². The van der Waals surface area contributed by atoms with Gasteiger partial charge in [0.15, 0.2) is 0 Å². The number of aromatic nitrogens is 3. The highest BCUT2D eigenvalue weighted by molar-refractivity contribution is 5.95. The van der Waals surface area contributed by atoms with E-state index in [9.17, 15) is 4.79 Å². The smallest absolute Gasteiger partial charge is 0.339 e. The zero-order valence-electron chi connectivity index (χ0n) is 16.8. The lowest BCUT2D eigenvalue weighted by Crippen LogP contribution is -2.24. The van der Waals surface area contributed by atoms with Gasteiger partial charge in [-0.2, -0.15) is 5.10 Å². The highest BCUT2D eigenvalue weighted by Crippen LogP contribution is 2.25. The number of hydrogen-bond donors (Lipinski definition) is 1. The van der Waals surface area contributed by atoms with Crippen molar-refractivity contribution in [3.63, 3.8) is 0 Å². The molecule has 0 spiro atoms. The molecule has 1 N–H and O–H groups in total. The van der Waals surface area contributed by atoms with E-state index in [1.807, 2.05) is 48.3 Å². The molecule has 0 amide bonds. The molecule has 0 aliphatic heterocycles. The number of rotatable bonds is 6. The van der Waals surface area contributed by atoms with Crippen LogP contribution in [-0.4, -0.2) is 34.0 Å². The van der Waals surface area contributed by atoms with Gasteiger partial charge in [0.05, 0.1) is 28.5 Å². The first kappa shape index (κ1) is 19.1. The number of pyridine rings is 1. The summed E-state index contributed by atoms with van der Waals surface area (Å²) >= 11 is 0. The summed E-state index contributed by atoms with van der Waals surface area (Å²) in [7, 11) is 1.93. The maximum Gasteiger partial charge on any atom is 0.339 e. The fraction of sp³-hybridized carbons (Fsp3) is 0.261. The fourth-order valence-electron chi connectivity index (χ4n) is 3.26. The minimum Gasteiger partial charge on any atom is -0.446 e. The van der Waals surface area contributed by atoms with Crippen LogP contribution in [-0.2, 0) is 11.8 Å². The van der Waals surface area contributed by atoms with E-state index in [0.29, 0.717) is 11.5 Å². The monoisotopic (exact) mass is 388 g/mol. The Kier molecular flexibility index (Phi) is 5.27.